The standard InChI is InChI=1S/C15H32N2O/c1-6-14-10-15(11-16,7-8-18-14)17(5)13(4)9-12(2)3/h12-14H,6-11,16H2,1-5H3. The molecule has 3 atom stereocenters. The second-order valence-electron chi connectivity index (χ2n) is 6.37. The summed E-state index contributed by atoms with van der Waals surface area (Å²) in [6, 6.07) is 0.587. The number of ether oxygens (including phenoxy) is 1. The summed E-state index contributed by atoms with van der Waals surface area (Å²) in [5.74, 6) is 0.735. The highest BCUT2D eigenvalue weighted by Crippen LogP contribution is 2.32. The Kier molecular flexibility index (Phi) is 6.09. The lowest BCUT2D eigenvalue weighted by Gasteiger charge is -2.49. The molecule has 2 N–H and O–H groups in total. The van der Waals surface area contributed by atoms with E-state index < -0.39 is 0 Å². The van der Waals surface area contributed by atoms with Crippen molar-refractivity contribution in [2.75, 3.05) is 20.2 Å². The number of nitrogens with two attached hydrogens (primary N) is 1. The van der Waals surface area contributed by atoms with E-state index in [1.807, 2.05) is 0 Å². The molecule has 1 rings (SSSR count). The van der Waals surface area contributed by atoms with Crippen LogP contribution in [0.1, 0.15) is 53.4 Å². The number of hydrogen-bond acceptors (Lipinski definition) is 3. The maximum atomic E-state index is 6.13. The molecule has 3 heteroatoms. The van der Waals surface area contributed by atoms with Crippen LogP contribution in [0.15, 0.2) is 0 Å². The molecule has 0 aliphatic carbocycles. The minimum absolute atomic E-state index is 0.146. The lowest BCUT2D eigenvalue weighted by atomic mass is 9.83. The summed E-state index contributed by atoms with van der Waals surface area (Å²) < 4.78 is 5.81. The van der Waals surface area contributed by atoms with Gasteiger partial charge in [-0.3, -0.25) is 4.90 Å². The van der Waals surface area contributed by atoms with Crippen LogP contribution >= 0.6 is 0 Å². The second-order valence-corrected chi connectivity index (χ2v) is 6.37. The molecule has 0 bridgehead atoms. The summed E-state index contributed by atoms with van der Waals surface area (Å²) >= 11 is 0. The van der Waals surface area contributed by atoms with Crippen molar-refractivity contribution in [2.45, 2.75) is 71.1 Å². The molecule has 108 valence electrons. The van der Waals surface area contributed by atoms with Crippen molar-refractivity contribution >= 4 is 0 Å². The van der Waals surface area contributed by atoms with Crippen LogP contribution in [0.3, 0.4) is 0 Å². The Bertz CT molecular complexity index is 245. The predicted octanol–water partition coefficient (Wildman–Crippen LogP) is 2.64. The molecule has 0 aromatic heterocycles. The van der Waals surface area contributed by atoms with Gasteiger partial charge < -0.3 is 10.5 Å². The molecule has 18 heavy (non-hydrogen) atoms. The SMILES string of the molecule is CCC1CC(CN)(N(C)C(C)CC(C)C)CCO1. The van der Waals surface area contributed by atoms with Gasteiger partial charge in [0.25, 0.3) is 0 Å². The molecule has 0 saturated carbocycles. The topological polar surface area (TPSA) is 38.5 Å². The average Bonchev–Trinajstić information content (AvgIpc) is 2.36. The molecule has 0 radical (unpaired) electrons. The molecule has 3 unspecified atom stereocenters. The first-order valence-corrected chi connectivity index (χ1v) is 7.49. The summed E-state index contributed by atoms with van der Waals surface area (Å²) in [7, 11) is 2.25. The molecule has 0 aromatic carbocycles. The smallest absolute Gasteiger partial charge is 0.0590 e. The molecule has 1 aliphatic heterocycles. The van der Waals surface area contributed by atoms with Crippen LogP contribution in [0.2, 0.25) is 0 Å². The first kappa shape index (κ1) is 15.9. The second kappa shape index (κ2) is 6.88. The highest BCUT2D eigenvalue weighted by molar-refractivity contribution is 4.96. The normalized spacial score (nSPS) is 31.0. The molecule has 0 amide bonds. The van der Waals surface area contributed by atoms with Gasteiger partial charge in [0.2, 0.25) is 0 Å². The van der Waals surface area contributed by atoms with Crippen molar-refractivity contribution in [3.63, 3.8) is 0 Å². The summed E-state index contributed by atoms with van der Waals surface area (Å²) in [5, 5.41) is 0. The summed E-state index contributed by atoms with van der Waals surface area (Å²) in [4.78, 5) is 2.53. The van der Waals surface area contributed by atoms with E-state index in [0.717, 1.165) is 38.3 Å². The van der Waals surface area contributed by atoms with Crippen LogP contribution in [-0.4, -0.2) is 42.8 Å². The largest absolute Gasteiger partial charge is 0.378 e. The Morgan fingerprint density at radius 3 is 2.56 bits per heavy atom. The number of rotatable bonds is 6. The van der Waals surface area contributed by atoms with Crippen molar-refractivity contribution in [3.8, 4) is 0 Å². The Balaban J connectivity index is 2.73. The van der Waals surface area contributed by atoms with E-state index >= 15 is 0 Å². The maximum Gasteiger partial charge on any atom is 0.0590 e. The van der Waals surface area contributed by atoms with Crippen molar-refractivity contribution in [1.29, 1.82) is 0 Å². The van der Waals surface area contributed by atoms with Crippen LogP contribution in [0.5, 0.6) is 0 Å². The predicted molar refractivity (Wildman–Crippen MR) is 77.7 cm³/mol. The number of likely N-dealkylation sites (N-methyl/N-ethyl adjacent to an activating group) is 1. The number of hydrogen-bond donors (Lipinski definition) is 1. The van der Waals surface area contributed by atoms with E-state index in [1.165, 1.54) is 6.42 Å². The third-order valence-corrected chi connectivity index (χ3v) is 4.59. The van der Waals surface area contributed by atoms with Crippen molar-refractivity contribution in [2.24, 2.45) is 11.7 Å². The summed E-state index contributed by atoms with van der Waals surface area (Å²) in [5.41, 5.74) is 6.27. The molecular weight excluding hydrogens is 224 g/mol. The molecule has 1 fully saturated rings. The molecule has 0 spiro atoms. The Labute approximate surface area is 113 Å². The summed E-state index contributed by atoms with van der Waals surface area (Å²) in [6.45, 7) is 10.7. The van der Waals surface area contributed by atoms with E-state index in [-0.39, 0.29) is 5.54 Å². The van der Waals surface area contributed by atoms with Gasteiger partial charge in [0.15, 0.2) is 0 Å². The van der Waals surface area contributed by atoms with Gasteiger partial charge in [-0.25, -0.2) is 0 Å². The zero-order valence-electron chi connectivity index (χ0n) is 12.9. The van der Waals surface area contributed by atoms with E-state index in [1.54, 1.807) is 0 Å². The highest BCUT2D eigenvalue weighted by atomic mass is 16.5. The number of nitrogens with zero attached hydrogens (tertiary/aromatic N) is 1. The van der Waals surface area contributed by atoms with Gasteiger partial charge in [-0.15, -0.1) is 0 Å². The van der Waals surface area contributed by atoms with Gasteiger partial charge in [-0.2, -0.15) is 0 Å². The molecule has 0 aromatic rings. The minimum atomic E-state index is 0.146. The van der Waals surface area contributed by atoms with Gasteiger partial charge in [0.05, 0.1) is 6.10 Å². The first-order valence-electron chi connectivity index (χ1n) is 7.49. The first-order chi connectivity index (χ1) is 8.45. The van der Waals surface area contributed by atoms with E-state index in [2.05, 4.69) is 39.6 Å². The molecule has 1 saturated heterocycles. The lowest BCUT2D eigenvalue weighted by Crippen LogP contribution is -2.59. The van der Waals surface area contributed by atoms with Crippen molar-refractivity contribution in [3.05, 3.63) is 0 Å². The van der Waals surface area contributed by atoms with Crippen LogP contribution in [0.25, 0.3) is 0 Å². The van der Waals surface area contributed by atoms with E-state index in [4.69, 9.17) is 10.5 Å². The average molecular weight is 256 g/mol. The minimum Gasteiger partial charge on any atom is -0.378 e. The van der Waals surface area contributed by atoms with Crippen LogP contribution < -0.4 is 5.73 Å². The highest BCUT2D eigenvalue weighted by Gasteiger charge is 2.40. The zero-order valence-corrected chi connectivity index (χ0v) is 12.9. The van der Waals surface area contributed by atoms with Gasteiger partial charge in [-0.05, 0) is 45.6 Å². The van der Waals surface area contributed by atoms with Crippen LogP contribution in [0.4, 0.5) is 0 Å². The van der Waals surface area contributed by atoms with Gasteiger partial charge in [0, 0.05) is 24.7 Å². The molecule has 1 heterocycles. The van der Waals surface area contributed by atoms with Crippen molar-refractivity contribution in [1.82, 2.24) is 4.90 Å². The Hall–Kier alpha value is -0.120. The third-order valence-electron chi connectivity index (χ3n) is 4.59. The van der Waals surface area contributed by atoms with Crippen LogP contribution in [-0.2, 0) is 4.74 Å². The van der Waals surface area contributed by atoms with Crippen LogP contribution in [0, 0.1) is 5.92 Å². The van der Waals surface area contributed by atoms with Crippen molar-refractivity contribution < 1.29 is 4.74 Å². The fourth-order valence-corrected chi connectivity index (χ4v) is 3.22. The van der Waals surface area contributed by atoms with Gasteiger partial charge in [0.1, 0.15) is 0 Å². The monoisotopic (exact) mass is 256 g/mol. The van der Waals surface area contributed by atoms with Gasteiger partial charge in [-0.1, -0.05) is 20.8 Å². The maximum absolute atomic E-state index is 6.13. The van der Waals surface area contributed by atoms with Gasteiger partial charge >= 0.3 is 0 Å². The summed E-state index contributed by atoms with van der Waals surface area (Å²) in [6.07, 6.45) is 4.86. The lowest BCUT2D eigenvalue weighted by molar-refractivity contribution is -0.0758. The van der Waals surface area contributed by atoms with E-state index in [0.29, 0.717) is 12.1 Å². The third kappa shape index (κ3) is 3.69. The molecule has 3 nitrogen and oxygen atoms in total. The van der Waals surface area contributed by atoms with E-state index in [9.17, 15) is 0 Å². The fourth-order valence-electron chi connectivity index (χ4n) is 3.22. The molecule has 1 aliphatic rings. The Morgan fingerprint density at radius 1 is 1.39 bits per heavy atom. The molecular formula is C15H32N2O. The quantitative estimate of drug-likeness (QED) is 0.794. The zero-order chi connectivity index (χ0) is 13.8. The Morgan fingerprint density at radius 2 is 2.06 bits per heavy atom. The fraction of sp³-hybridized carbons (Fsp3) is 1.00.